The Morgan fingerprint density at radius 2 is 1.83 bits per heavy atom. The Morgan fingerprint density at radius 1 is 1.08 bits per heavy atom. The normalized spacial score (nSPS) is 15.2. The van der Waals surface area contributed by atoms with Gasteiger partial charge in [-0.1, -0.05) is 49.6 Å². The summed E-state index contributed by atoms with van der Waals surface area (Å²) in [5.74, 6) is 0.000661. The van der Waals surface area contributed by atoms with Crippen molar-refractivity contribution in [1.82, 2.24) is 15.1 Å². The van der Waals surface area contributed by atoms with E-state index in [2.05, 4.69) is 10.4 Å². The molecular formula is C19H23N3O2. The lowest BCUT2D eigenvalue weighted by molar-refractivity contribution is -0.122. The van der Waals surface area contributed by atoms with Gasteiger partial charge >= 0.3 is 0 Å². The number of hydrogen-bond acceptors (Lipinski definition) is 3. The Balaban J connectivity index is 1.62. The van der Waals surface area contributed by atoms with Crippen molar-refractivity contribution < 1.29 is 4.79 Å². The SMILES string of the molecule is O=C(CCn1nc(-c2ccccc2)ccc1=O)NC1CCCCC1. The number of rotatable bonds is 5. The van der Waals surface area contributed by atoms with Gasteiger partial charge in [0.25, 0.3) is 5.56 Å². The average Bonchev–Trinajstić information content (AvgIpc) is 2.62. The molecule has 1 aromatic carbocycles. The van der Waals surface area contributed by atoms with Gasteiger partial charge in [-0.15, -0.1) is 0 Å². The van der Waals surface area contributed by atoms with Crippen LogP contribution in [0.15, 0.2) is 47.3 Å². The predicted octanol–water partition coefficient (Wildman–Crippen LogP) is 2.75. The quantitative estimate of drug-likeness (QED) is 0.919. The first-order valence-corrected chi connectivity index (χ1v) is 8.65. The van der Waals surface area contributed by atoms with Crippen LogP contribution in [0.5, 0.6) is 0 Å². The largest absolute Gasteiger partial charge is 0.353 e. The molecule has 3 rings (SSSR count). The number of nitrogens with one attached hydrogen (secondary N) is 1. The van der Waals surface area contributed by atoms with Gasteiger partial charge < -0.3 is 5.32 Å². The molecule has 0 spiro atoms. The van der Waals surface area contributed by atoms with Crippen LogP contribution in [0.1, 0.15) is 38.5 Å². The van der Waals surface area contributed by atoms with E-state index in [-0.39, 0.29) is 17.9 Å². The molecule has 0 saturated heterocycles. The minimum absolute atomic E-state index is 0.000661. The molecule has 0 atom stereocenters. The molecule has 24 heavy (non-hydrogen) atoms. The summed E-state index contributed by atoms with van der Waals surface area (Å²) in [6.07, 6.45) is 6.04. The second kappa shape index (κ2) is 7.90. The molecule has 1 saturated carbocycles. The summed E-state index contributed by atoms with van der Waals surface area (Å²) in [6.45, 7) is 0.304. The molecule has 1 N–H and O–H groups in total. The summed E-state index contributed by atoms with van der Waals surface area (Å²) >= 11 is 0. The van der Waals surface area contributed by atoms with Gasteiger partial charge in [0.05, 0.1) is 12.2 Å². The Bertz CT molecular complexity index is 734. The fraction of sp³-hybridized carbons (Fsp3) is 0.421. The Kier molecular flexibility index (Phi) is 5.41. The highest BCUT2D eigenvalue weighted by Crippen LogP contribution is 2.17. The van der Waals surface area contributed by atoms with E-state index < -0.39 is 0 Å². The number of amides is 1. The highest BCUT2D eigenvalue weighted by Gasteiger charge is 2.15. The van der Waals surface area contributed by atoms with Crippen molar-refractivity contribution in [2.45, 2.75) is 51.1 Å². The lowest BCUT2D eigenvalue weighted by Gasteiger charge is -2.22. The fourth-order valence-corrected chi connectivity index (χ4v) is 3.13. The number of carbonyl (C=O) groups excluding carboxylic acids is 1. The lowest BCUT2D eigenvalue weighted by atomic mass is 9.95. The maximum Gasteiger partial charge on any atom is 0.266 e. The third kappa shape index (κ3) is 4.31. The van der Waals surface area contributed by atoms with E-state index in [1.54, 1.807) is 6.07 Å². The van der Waals surface area contributed by atoms with Gasteiger partial charge in [0.2, 0.25) is 5.91 Å². The van der Waals surface area contributed by atoms with Crippen LogP contribution in [-0.4, -0.2) is 21.7 Å². The molecule has 1 amide bonds. The average molecular weight is 325 g/mol. The molecule has 5 nitrogen and oxygen atoms in total. The van der Waals surface area contributed by atoms with E-state index in [4.69, 9.17) is 0 Å². The first-order chi connectivity index (χ1) is 11.7. The van der Waals surface area contributed by atoms with Crippen molar-refractivity contribution in [2.24, 2.45) is 0 Å². The second-order valence-electron chi connectivity index (χ2n) is 6.30. The maximum absolute atomic E-state index is 12.1. The van der Waals surface area contributed by atoms with Crippen LogP contribution in [0, 0.1) is 0 Å². The lowest BCUT2D eigenvalue weighted by Crippen LogP contribution is -2.37. The first kappa shape index (κ1) is 16.4. The van der Waals surface area contributed by atoms with E-state index in [1.165, 1.54) is 30.0 Å². The third-order valence-corrected chi connectivity index (χ3v) is 4.46. The van der Waals surface area contributed by atoms with Crippen LogP contribution in [0.25, 0.3) is 11.3 Å². The Hall–Kier alpha value is -2.43. The fourth-order valence-electron chi connectivity index (χ4n) is 3.13. The highest BCUT2D eigenvalue weighted by molar-refractivity contribution is 5.76. The number of carbonyl (C=O) groups is 1. The monoisotopic (exact) mass is 325 g/mol. The molecule has 1 aliphatic rings. The summed E-state index contributed by atoms with van der Waals surface area (Å²) in [7, 11) is 0. The van der Waals surface area contributed by atoms with Crippen LogP contribution in [-0.2, 0) is 11.3 Å². The van der Waals surface area contributed by atoms with Gasteiger partial charge in [0, 0.05) is 24.1 Å². The van der Waals surface area contributed by atoms with Crippen LogP contribution < -0.4 is 10.9 Å². The molecule has 126 valence electrons. The van der Waals surface area contributed by atoms with Crippen molar-refractivity contribution in [3.05, 3.63) is 52.8 Å². The van der Waals surface area contributed by atoms with Crippen molar-refractivity contribution in [1.29, 1.82) is 0 Å². The summed E-state index contributed by atoms with van der Waals surface area (Å²) in [5.41, 5.74) is 1.51. The van der Waals surface area contributed by atoms with E-state index in [1.807, 2.05) is 30.3 Å². The zero-order valence-electron chi connectivity index (χ0n) is 13.8. The number of hydrogen-bond donors (Lipinski definition) is 1. The van der Waals surface area contributed by atoms with Gasteiger partial charge in [-0.2, -0.15) is 5.10 Å². The second-order valence-corrected chi connectivity index (χ2v) is 6.30. The molecule has 2 aromatic rings. The third-order valence-electron chi connectivity index (χ3n) is 4.46. The Morgan fingerprint density at radius 3 is 2.58 bits per heavy atom. The summed E-state index contributed by atoms with van der Waals surface area (Å²) in [6, 6.07) is 13.2. The standard InChI is InChI=1S/C19H23N3O2/c23-18(20-16-9-5-2-6-10-16)13-14-22-19(24)12-11-17(21-22)15-7-3-1-4-8-15/h1,3-4,7-8,11-12,16H,2,5-6,9-10,13-14H2,(H,20,23). The van der Waals surface area contributed by atoms with Gasteiger partial charge in [0.1, 0.15) is 0 Å². The molecule has 5 heteroatoms. The Labute approximate surface area is 141 Å². The van der Waals surface area contributed by atoms with Gasteiger partial charge in [0.15, 0.2) is 0 Å². The molecule has 0 radical (unpaired) electrons. The zero-order chi connectivity index (χ0) is 16.8. The molecule has 0 unspecified atom stereocenters. The first-order valence-electron chi connectivity index (χ1n) is 8.65. The van der Waals surface area contributed by atoms with Gasteiger partial charge in [-0.3, -0.25) is 9.59 Å². The smallest absolute Gasteiger partial charge is 0.266 e. The van der Waals surface area contributed by atoms with Crippen molar-refractivity contribution in [3.63, 3.8) is 0 Å². The minimum Gasteiger partial charge on any atom is -0.353 e. The summed E-state index contributed by atoms with van der Waals surface area (Å²) in [5, 5.41) is 7.46. The van der Waals surface area contributed by atoms with Crippen molar-refractivity contribution in [2.75, 3.05) is 0 Å². The molecule has 1 aromatic heterocycles. The number of aromatic nitrogens is 2. The van der Waals surface area contributed by atoms with Crippen molar-refractivity contribution in [3.8, 4) is 11.3 Å². The van der Waals surface area contributed by atoms with E-state index in [9.17, 15) is 9.59 Å². The van der Waals surface area contributed by atoms with Gasteiger partial charge in [-0.05, 0) is 18.9 Å². The van der Waals surface area contributed by atoms with Crippen LogP contribution in [0.4, 0.5) is 0 Å². The number of nitrogens with zero attached hydrogens (tertiary/aromatic N) is 2. The van der Waals surface area contributed by atoms with Crippen LogP contribution in [0.3, 0.4) is 0 Å². The topological polar surface area (TPSA) is 64.0 Å². The molecule has 1 aliphatic carbocycles. The van der Waals surface area contributed by atoms with Gasteiger partial charge in [-0.25, -0.2) is 4.68 Å². The molecule has 0 aliphatic heterocycles. The van der Waals surface area contributed by atoms with Crippen molar-refractivity contribution >= 4 is 5.91 Å². The number of benzene rings is 1. The molecular weight excluding hydrogens is 302 g/mol. The van der Waals surface area contributed by atoms with Crippen LogP contribution >= 0.6 is 0 Å². The van der Waals surface area contributed by atoms with E-state index in [0.717, 1.165) is 24.1 Å². The van der Waals surface area contributed by atoms with E-state index in [0.29, 0.717) is 12.6 Å². The molecule has 1 heterocycles. The maximum atomic E-state index is 12.1. The van der Waals surface area contributed by atoms with E-state index >= 15 is 0 Å². The molecule has 0 bridgehead atoms. The molecule has 1 fully saturated rings. The summed E-state index contributed by atoms with van der Waals surface area (Å²) < 4.78 is 1.38. The zero-order valence-corrected chi connectivity index (χ0v) is 13.8. The highest BCUT2D eigenvalue weighted by atomic mass is 16.2. The minimum atomic E-state index is -0.180. The number of aryl methyl sites for hydroxylation is 1. The summed E-state index contributed by atoms with van der Waals surface area (Å²) in [4.78, 5) is 24.1. The predicted molar refractivity (Wildman–Crippen MR) is 93.6 cm³/mol. The van der Waals surface area contributed by atoms with Crippen LogP contribution in [0.2, 0.25) is 0 Å².